The number of aliphatic imine (C=N–C) groups is 1. The molecule has 1 N–H and O–H groups in total. The van der Waals surface area contributed by atoms with Gasteiger partial charge >= 0.3 is 0 Å². The number of carbonyl (C=O) groups excluding carboxylic acids is 3. The average Bonchev–Trinajstić information content (AvgIpc) is 3.28. The summed E-state index contributed by atoms with van der Waals surface area (Å²) in [6, 6.07) is 34.6. The van der Waals surface area contributed by atoms with E-state index in [1.165, 1.54) is 5.01 Å². The lowest BCUT2D eigenvalue weighted by Crippen LogP contribution is -2.48. The summed E-state index contributed by atoms with van der Waals surface area (Å²) in [6.07, 6.45) is 1.69. The Labute approximate surface area is 220 Å². The van der Waals surface area contributed by atoms with Gasteiger partial charge in [-0.1, -0.05) is 109 Å². The lowest BCUT2D eigenvalue weighted by molar-refractivity contribution is -0.134. The minimum Gasteiger partial charge on any atom is -0.289 e. The van der Waals surface area contributed by atoms with Crippen LogP contribution in [0.5, 0.6) is 0 Å². The fourth-order valence-corrected chi connectivity index (χ4v) is 4.17. The predicted octanol–water partition coefficient (Wildman–Crippen LogP) is 5.38. The van der Waals surface area contributed by atoms with E-state index in [1.807, 2.05) is 78.9 Å². The standard InChI is InChI=1S/C32H25N3O3/c1-22(26-18-11-19-27(21-26)29(36)24-14-7-3-8-15-24)31(37)34-35-30(25-16-9-4-10-17-25)33-28(32(35)38)20-23-12-5-2-6-13-23/h2-22H,1H3,(H,34,37)/b28-20+. The van der Waals surface area contributed by atoms with E-state index in [1.54, 1.807) is 49.4 Å². The maximum Gasteiger partial charge on any atom is 0.297 e. The third kappa shape index (κ3) is 5.20. The van der Waals surface area contributed by atoms with Crippen LogP contribution in [-0.4, -0.2) is 28.4 Å². The van der Waals surface area contributed by atoms with Gasteiger partial charge in [-0.25, -0.2) is 4.99 Å². The minimum atomic E-state index is -0.634. The molecule has 6 heteroatoms. The number of rotatable bonds is 7. The van der Waals surface area contributed by atoms with Crippen molar-refractivity contribution in [1.29, 1.82) is 0 Å². The number of nitrogens with one attached hydrogen (secondary N) is 1. The van der Waals surface area contributed by atoms with Crippen molar-refractivity contribution in [3.8, 4) is 0 Å². The van der Waals surface area contributed by atoms with Gasteiger partial charge in [0.05, 0.1) is 5.92 Å². The zero-order valence-electron chi connectivity index (χ0n) is 20.7. The van der Waals surface area contributed by atoms with Crippen LogP contribution in [0.3, 0.4) is 0 Å². The van der Waals surface area contributed by atoms with Gasteiger partial charge in [-0.3, -0.25) is 19.8 Å². The molecule has 2 amide bonds. The van der Waals surface area contributed by atoms with Crippen LogP contribution in [0.1, 0.15) is 45.5 Å². The van der Waals surface area contributed by atoms with Crippen LogP contribution in [0.4, 0.5) is 0 Å². The van der Waals surface area contributed by atoms with Crippen molar-refractivity contribution in [2.75, 3.05) is 0 Å². The molecule has 0 spiro atoms. The summed E-state index contributed by atoms with van der Waals surface area (Å²) in [6.45, 7) is 1.74. The Balaban J connectivity index is 1.40. The molecule has 4 aromatic carbocycles. The molecule has 5 rings (SSSR count). The summed E-state index contributed by atoms with van der Waals surface area (Å²) in [4.78, 5) is 44.2. The lowest BCUT2D eigenvalue weighted by atomic mass is 9.95. The van der Waals surface area contributed by atoms with E-state index in [0.29, 0.717) is 28.1 Å². The molecule has 0 saturated carbocycles. The van der Waals surface area contributed by atoms with Crippen LogP contribution in [0.15, 0.2) is 126 Å². The Kier molecular flexibility index (Phi) is 7.04. The smallest absolute Gasteiger partial charge is 0.289 e. The molecular weight excluding hydrogens is 474 g/mol. The van der Waals surface area contributed by atoms with E-state index < -0.39 is 17.7 Å². The molecule has 0 saturated heterocycles. The highest BCUT2D eigenvalue weighted by atomic mass is 16.2. The van der Waals surface area contributed by atoms with Gasteiger partial charge in [-0.2, -0.15) is 5.01 Å². The molecule has 6 nitrogen and oxygen atoms in total. The topological polar surface area (TPSA) is 78.8 Å². The summed E-state index contributed by atoms with van der Waals surface area (Å²) in [5.41, 5.74) is 6.23. The second kappa shape index (κ2) is 10.9. The first-order valence-corrected chi connectivity index (χ1v) is 12.3. The Morgan fingerprint density at radius 3 is 2.08 bits per heavy atom. The summed E-state index contributed by atoms with van der Waals surface area (Å²) in [5.74, 6) is -1.24. The average molecular weight is 500 g/mol. The molecule has 0 fully saturated rings. The monoisotopic (exact) mass is 499 g/mol. The van der Waals surface area contributed by atoms with Gasteiger partial charge in [0.2, 0.25) is 5.91 Å². The predicted molar refractivity (Wildman–Crippen MR) is 147 cm³/mol. The fourth-order valence-electron chi connectivity index (χ4n) is 4.17. The summed E-state index contributed by atoms with van der Waals surface area (Å²) >= 11 is 0. The van der Waals surface area contributed by atoms with Crippen LogP contribution in [-0.2, 0) is 9.59 Å². The SMILES string of the molecule is CC(C(=O)NN1C(=O)/C(=C\c2ccccc2)N=C1c1ccccc1)c1cccc(C(=O)c2ccccc2)c1. The first kappa shape index (κ1) is 24.6. The van der Waals surface area contributed by atoms with E-state index >= 15 is 0 Å². The van der Waals surface area contributed by atoms with Crippen LogP contribution >= 0.6 is 0 Å². The zero-order valence-corrected chi connectivity index (χ0v) is 20.7. The summed E-state index contributed by atoms with van der Waals surface area (Å²) in [5, 5.41) is 1.20. The first-order valence-electron chi connectivity index (χ1n) is 12.3. The van der Waals surface area contributed by atoms with Gasteiger partial charge in [0, 0.05) is 16.7 Å². The van der Waals surface area contributed by atoms with Crippen molar-refractivity contribution in [2.24, 2.45) is 4.99 Å². The molecule has 0 aliphatic carbocycles. The molecule has 1 unspecified atom stereocenters. The summed E-state index contributed by atoms with van der Waals surface area (Å²) < 4.78 is 0. The number of hydrazine groups is 1. The van der Waals surface area contributed by atoms with Gasteiger partial charge in [0.25, 0.3) is 5.91 Å². The van der Waals surface area contributed by atoms with Gasteiger partial charge < -0.3 is 0 Å². The van der Waals surface area contributed by atoms with Crippen molar-refractivity contribution in [2.45, 2.75) is 12.8 Å². The molecule has 1 heterocycles. The molecule has 0 radical (unpaired) electrons. The molecule has 4 aromatic rings. The lowest BCUT2D eigenvalue weighted by Gasteiger charge is -2.22. The molecule has 0 bridgehead atoms. The molecule has 1 aliphatic heterocycles. The fraction of sp³-hybridized carbons (Fsp3) is 0.0625. The van der Waals surface area contributed by atoms with E-state index in [4.69, 9.17) is 0 Å². The first-order chi connectivity index (χ1) is 18.5. The molecule has 0 aromatic heterocycles. The maximum atomic E-state index is 13.4. The quantitative estimate of drug-likeness (QED) is 0.274. The van der Waals surface area contributed by atoms with Gasteiger partial charge in [0.15, 0.2) is 11.6 Å². The number of hydrogen-bond acceptors (Lipinski definition) is 4. The highest BCUT2D eigenvalue weighted by Crippen LogP contribution is 2.23. The van der Waals surface area contributed by atoms with Crippen molar-refractivity contribution < 1.29 is 14.4 Å². The number of benzene rings is 4. The number of carbonyl (C=O) groups is 3. The van der Waals surface area contributed by atoms with Crippen molar-refractivity contribution in [3.63, 3.8) is 0 Å². The highest BCUT2D eigenvalue weighted by molar-refractivity contribution is 6.20. The molecule has 1 atom stereocenters. The van der Waals surface area contributed by atoms with Gasteiger partial charge in [0.1, 0.15) is 5.70 Å². The van der Waals surface area contributed by atoms with E-state index in [9.17, 15) is 14.4 Å². The maximum absolute atomic E-state index is 13.4. The van der Waals surface area contributed by atoms with Crippen molar-refractivity contribution in [1.82, 2.24) is 10.4 Å². The number of amides is 2. The molecule has 38 heavy (non-hydrogen) atoms. The highest BCUT2D eigenvalue weighted by Gasteiger charge is 2.34. The number of nitrogens with zero attached hydrogens (tertiary/aromatic N) is 2. The number of ketones is 1. The van der Waals surface area contributed by atoms with E-state index in [-0.39, 0.29) is 11.5 Å². The number of amidine groups is 1. The third-order valence-corrected chi connectivity index (χ3v) is 6.30. The van der Waals surface area contributed by atoms with Crippen LogP contribution in [0.25, 0.3) is 6.08 Å². The zero-order chi connectivity index (χ0) is 26.5. The Bertz CT molecular complexity index is 1540. The second-order valence-electron chi connectivity index (χ2n) is 8.90. The van der Waals surface area contributed by atoms with E-state index in [0.717, 1.165) is 5.56 Å². The van der Waals surface area contributed by atoms with Crippen molar-refractivity contribution >= 4 is 29.5 Å². The van der Waals surface area contributed by atoms with Gasteiger partial charge in [-0.05, 0) is 30.2 Å². The van der Waals surface area contributed by atoms with E-state index in [2.05, 4.69) is 10.4 Å². The summed E-state index contributed by atoms with van der Waals surface area (Å²) in [7, 11) is 0. The Morgan fingerprint density at radius 1 is 0.789 bits per heavy atom. The molecule has 1 aliphatic rings. The third-order valence-electron chi connectivity index (χ3n) is 6.30. The van der Waals surface area contributed by atoms with Crippen LogP contribution in [0, 0.1) is 0 Å². The molecule has 186 valence electrons. The molecular formula is C32H25N3O3. The van der Waals surface area contributed by atoms with Crippen molar-refractivity contribution in [3.05, 3.63) is 149 Å². The normalized spacial score (nSPS) is 14.8. The number of hydrogen-bond donors (Lipinski definition) is 1. The largest absolute Gasteiger partial charge is 0.297 e. The minimum absolute atomic E-state index is 0.121. The van der Waals surface area contributed by atoms with Gasteiger partial charge in [-0.15, -0.1) is 0 Å². The second-order valence-corrected chi connectivity index (χ2v) is 8.90. The Morgan fingerprint density at radius 2 is 1.39 bits per heavy atom. The Hall–Kier alpha value is -5.10. The van der Waals surface area contributed by atoms with Crippen LogP contribution in [0.2, 0.25) is 0 Å². The van der Waals surface area contributed by atoms with Crippen LogP contribution < -0.4 is 5.43 Å².